The Hall–Kier alpha value is -2.35. The molecule has 5 nitrogen and oxygen atoms in total. The Balaban J connectivity index is 1.96. The number of benzene rings is 1. The van der Waals surface area contributed by atoms with Gasteiger partial charge in [-0.3, -0.25) is 9.69 Å². The van der Waals surface area contributed by atoms with Gasteiger partial charge in [-0.1, -0.05) is 6.92 Å². The van der Waals surface area contributed by atoms with Crippen molar-refractivity contribution in [3.8, 4) is 5.69 Å². The molecule has 2 rings (SSSR count). The summed E-state index contributed by atoms with van der Waals surface area (Å²) in [7, 11) is 0. The van der Waals surface area contributed by atoms with Crippen molar-refractivity contribution in [1.29, 1.82) is 0 Å². The lowest BCUT2D eigenvalue weighted by molar-refractivity contribution is -0.141. The highest BCUT2D eigenvalue weighted by atomic mass is 19.4. The first-order valence-electron chi connectivity index (χ1n) is 8.48. The van der Waals surface area contributed by atoms with Gasteiger partial charge in [0, 0.05) is 30.9 Å². The van der Waals surface area contributed by atoms with E-state index >= 15 is 0 Å². The molecule has 0 saturated heterocycles. The van der Waals surface area contributed by atoms with Gasteiger partial charge < -0.3 is 5.32 Å². The molecule has 26 heavy (non-hydrogen) atoms. The SMILES string of the molecule is CCN(CCNC(=O)c1ccc(-n2ccc(C(F)(F)F)n2)cc1)C(C)C. The van der Waals surface area contributed by atoms with Crippen molar-refractivity contribution < 1.29 is 18.0 Å². The number of rotatable bonds is 7. The Kier molecular flexibility index (Phi) is 6.42. The third-order valence-electron chi connectivity index (χ3n) is 4.09. The van der Waals surface area contributed by atoms with Crippen molar-refractivity contribution in [3.05, 3.63) is 47.8 Å². The van der Waals surface area contributed by atoms with Crippen molar-refractivity contribution in [3.63, 3.8) is 0 Å². The summed E-state index contributed by atoms with van der Waals surface area (Å²) in [6.07, 6.45) is -3.24. The zero-order chi connectivity index (χ0) is 19.3. The number of nitrogens with zero attached hydrogens (tertiary/aromatic N) is 3. The van der Waals surface area contributed by atoms with Crippen LogP contribution in [0.4, 0.5) is 13.2 Å². The summed E-state index contributed by atoms with van der Waals surface area (Å²) in [5.74, 6) is -0.215. The van der Waals surface area contributed by atoms with Crippen LogP contribution in [0.5, 0.6) is 0 Å². The van der Waals surface area contributed by atoms with Gasteiger partial charge in [0.1, 0.15) is 0 Å². The van der Waals surface area contributed by atoms with Gasteiger partial charge >= 0.3 is 6.18 Å². The van der Waals surface area contributed by atoms with Gasteiger partial charge in [-0.2, -0.15) is 18.3 Å². The first-order valence-corrected chi connectivity index (χ1v) is 8.48. The minimum absolute atomic E-state index is 0.215. The minimum atomic E-state index is -4.48. The van der Waals surface area contributed by atoms with E-state index in [1.54, 1.807) is 24.3 Å². The van der Waals surface area contributed by atoms with Crippen LogP contribution in [0.25, 0.3) is 5.69 Å². The number of amides is 1. The molecule has 1 N–H and O–H groups in total. The van der Waals surface area contributed by atoms with E-state index in [-0.39, 0.29) is 5.91 Å². The Bertz CT molecular complexity index is 723. The highest BCUT2D eigenvalue weighted by Crippen LogP contribution is 2.27. The molecule has 0 unspecified atom stereocenters. The third-order valence-corrected chi connectivity index (χ3v) is 4.09. The van der Waals surface area contributed by atoms with Crippen molar-refractivity contribution in [2.75, 3.05) is 19.6 Å². The number of alkyl halides is 3. The van der Waals surface area contributed by atoms with Crippen LogP contribution < -0.4 is 5.32 Å². The molecule has 0 spiro atoms. The van der Waals surface area contributed by atoms with Crippen molar-refractivity contribution in [1.82, 2.24) is 20.0 Å². The van der Waals surface area contributed by atoms with E-state index in [0.29, 0.717) is 23.8 Å². The van der Waals surface area contributed by atoms with Gasteiger partial charge in [-0.05, 0) is 50.7 Å². The normalized spacial score (nSPS) is 12.0. The molecule has 1 heterocycles. The van der Waals surface area contributed by atoms with Crippen LogP contribution in [0, 0.1) is 0 Å². The second-order valence-corrected chi connectivity index (χ2v) is 6.17. The van der Waals surface area contributed by atoms with Gasteiger partial charge in [0.25, 0.3) is 5.91 Å². The number of hydrogen-bond donors (Lipinski definition) is 1. The lowest BCUT2D eigenvalue weighted by Crippen LogP contribution is -2.38. The number of aromatic nitrogens is 2. The fraction of sp³-hybridized carbons (Fsp3) is 0.444. The van der Waals surface area contributed by atoms with Crippen LogP contribution >= 0.6 is 0 Å². The van der Waals surface area contributed by atoms with E-state index in [9.17, 15) is 18.0 Å². The Morgan fingerprint density at radius 3 is 2.38 bits per heavy atom. The third kappa shape index (κ3) is 5.08. The monoisotopic (exact) mass is 368 g/mol. The predicted molar refractivity (Wildman–Crippen MR) is 93.3 cm³/mol. The maximum Gasteiger partial charge on any atom is 0.435 e. The number of carbonyl (C=O) groups is 1. The molecule has 1 amide bonds. The zero-order valence-corrected chi connectivity index (χ0v) is 15.0. The smallest absolute Gasteiger partial charge is 0.351 e. The fourth-order valence-corrected chi connectivity index (χ4v) is 2.58. The second kappa shape index (κ2) is 8.35. The molecule has 0 aliphatic carbocycles. The lowest BCUT2D eigenvalue weighted by atomic mass is 10.2. The van der Waals surface area contributed by atoms with Crippen molar-refractivity contribution >= 4 is 5.91 Å². The average Bonchev–Trinajstić information content (AvgIpc) is 3.09. The zero-order valence-electron chi connectivity index (χ0n) is 15.0. The summed E-state index contributed by atoms with van der Waals surface area (Å²) in [6.45, 7) is 8.46. The molecule has 0 atom stereocenters. The van der Waals surface area contributed by atoms with E-state index in [4.69, 9.17) is 0 Å². The highest BCUT2D eigenvalue weighted by Gasteiger charge is 2.33. The topological polar surface area (TPSA) is 50.2 Å². The van der Waals surface area contributed by atoms with Crippen molar-refractivity contribution in [2.24, 2.45) is 0 Å². The fourth-order valence-electron chi connectivity index (χ4n) is 2.58. The molecule has 0 fully saturated rings. The van der Waals surface area contributed by atoms with E-state index in [2.05, 4.69) is 36.1 Å². The molecule has 0 bridgehead atoms. The first-order chi connectivity index (χ1) is 12.2. The van der Waals surface area contributed by atoms with Crippen LogP contribution in [-0.2, 0) is 6.18 Å². The molecule has 142 valence electrons. The second-order valence-electron chi connectivity index (χ2n) is 6.17. The van der Waals surface area contributed by atoms with Gasteiger partial charge in [-0.25, -0.2) is 4.68 Å². The summed E-state index contributed by atoms with van der Waals surface area (Å²) >= 11 is 0. The molecular formula is C18H23F3N4O. The summed E-state index contributed by atoms with van der Waals surface area (Å²) in [6, 6.07) is 7.59. The maximum atomic E-state index is 12.6. The predicted octanol–water partition coefficient (Wildman–Crippen LogP) is 3.35. The summed E-state index contributed by atoms with van der Waals surface area (Å²) in [4.78, 5) is 14.4. The quantitative estimate of drug-likeness (QED) is 0.815. The van der Waals surface area contributed by atoms with E-state index < -0.39 is 11.9 Å². The summed E-state index contributed by atoms with van der Waals surface area (Å²) in [5, 5.41) is 6.36. The summed E-state index contributed by atoms with van der Waals surface area (Å²) in [5.41, 5.74) is -0.0523. The van der Waals surface area contributed by atoms with Crippen LogP contribution in [0.15, 0.2) is 36.5 Å². The van der Waals surface area contributed by atoms with Gasteiger partial charge in [0.15, 0.2) is 5.69 Å². The lowest BCUT2D eigenvalue weighted by Gasteiger charge is -2.24. The Labute approximate surface area is 150 Å². The Morgan fingerprint density at radius 1 is 1.23 bits per heavy atom. The molecule has 8 heteroatoms. The minimum Gasteiger partial charge on any atom is -0.351 e. The van der Waals surface area contributed by atoms with Crippen molar-refractivity contribution in [2.45, 2.75) is 33.0 Å². The molecular weight excluding hydrogens is 345 g/mol. The number of carbonyl (C=O) groups excluding carboxylic acids is 1. The molecule has 0 aliphatic rings. The van der Waals surface area contributed by atoms with Crippen LogP contribution in [0.2, 0.25) is 0 Å². The molecule has 0 radical (unpaired) electrons. The number of halogens is 3. The van der Waals surface area contributed by atoms with Gasteiger partial charge in [0.2, 0.25) is 0 Å². The van der Waals surface area contributed by atoms with Gasteiger partial charge in [-0.15, -0.1) is 0 Å². The summed E-state index contributed by atoms with van der Waals surface area (Å²) < 4.78 is 38.9. The Morgan fingerprint density at radius 2 is 1.88 bits per heavy atom. The number of likely N-dealkylation sites (N-methyl/N-ethyl adjacent to an activating group) is 1. The first kappa shape index (κ1) is 20.0. The number of hydrogen-bond acceptors (Lipinski definition) is 3. The maximum absolute atomic E-state index is 12.6. The van der Waals surface area contributed by atoms with Crippen LogP contribution in [0.1, 0.15) is 36.8 Å². The van der Waals surface area contributed by atoms with Gasteiger partial charge in [0.05, 0.1) is 5.69 Å². The van der Waals surface area contributed by atoms with E-state index in [0.717, 1.165) is 23.8 Å². The average molecular weight is 368 g/mol. The van der Waals surface area contributed by atoms with Crippen LogP contribution in [-0.4, -0.2) is 46.3 Å². The molecule has 2 aromatic rings. The highest BCUT2D eigenvalue weighted by molar-refractivity contribution is 5.94. The van der Waals surface area contributed by atoms with E-state index in [1.165, 1.54) is 6.20 Å². The van der Waals surface area contributed by atoms with Crippen LogP contribution in [0.3, 0.4) is 0 Å². The molecule has 1 aromatic heterocycles. The molecule has 0 saturated carbocycles. The van der Waals surface area contributed by atoms with E-state index in [1.807, 2.05) is 0 Å². The number of nitrogens with one attached hydrogen (secondary N) is 1. The molecule has 0 aliphatic heterocycles. The standard InChI is InChI=1S/C18H23F3N4O/c1-4-24(13(2)3)12-10-22-17(26)14-5-7-15(8-6-14)25-11-9-16(23-25)18(19,20)21/h5-9,11,13H,4,10,12H2,1-3H3,(H,22,26). The largest absolute Gasteiger partial charge is 0.435 e. The molecule has 1 aromatic carbocycles.